The van der Waals surface area contributed by atoms with Gasteiger partial charge in [-0.3, -0.25) is 9.80 Å². The molecule has 0 unspecified atom stereocenters. The second-order valence-corrected chi connectivity index (χ2v) is 7.71. The number of rotatable bonds is 5. The van der Waals surface area contributed by atoms with Gasteiger partial charge in [-0.1, -0.05) is 30.5 Å². The number of hydrogen-bond donors (Lipinski definition) is 1. The van der Waals surface area contributed by atoms with Gasteiger partial charge < -0.3 is 9.84 Å². The van der Waals surface area contributed by atoms with E-state index in [4.69, 9.17) is 16.3 Å². The minimum Gasteiger partial charge on any atom is -0.492 e. The Kier molecular flexibility index (Phi) is 7.00. The Hall–Kier alpha value is -0.810. The van der Waals surface area contributed by atoms with Crippen molar-refractivity contribution in [2.75, 3.05) is 32.8 Å². The van der Waals surface area contributed by atoms with Crippen LogP contribution in [0.4, 0.5) is 0 Å². The van der Waals surface area contributed by atoms with Gasteiger partial charge in [-0.15, -0.1) is 0 Å². The highest BCUT2D eigenvalue weighted by molar-refractivity contribution is 6.32. The molecule has 0 aromatic heterocycles. The Morgan fingerprint density at radius 3 is 2.56 bits per heavy atom. The molecule has 2 atom stereocenters. The average molecular weight is 367 g/mol. The molecule has 0 amide bonds. The van der Waals surface area contributed by atoms with Crippen LogP contribution < -0.4 is 4.74 Å². The molecule has 25 heavy (non-hydrogen) atoms. The molecule has 0 spiro atoms. The normalized spacial score (nSPS) is 26.4. The first-order valence-electron chi connectivity index (χ1n) is 9.73. The lowest BCUT2D eigenvalue weighted by Gasteiger charge is -2.41. The molecule has 1 aromatic carbocycles. The number of aliphatic hydroxyl groups excluding tert-OH is 1. The summed E-state index contributed by atoms with van der Waals surface area (Å²) in [6, 6.07) is 6.34. The molecule has 2 aliphatic heterocycles. The zero-order valence-electron chi connectivity index (χ0n) is 15.3. The van der Waals surface area contributed by atoms with Gasteiger partial charge in [0.15, 0.2) is 0 Å². The first kappa shape index (κ1) is 19.0. The molecule has 2 heterocycles. The predicted octanol–water partition coefficient (Wildman–Crippen LogP) is 3.55. The summed E-state index contributed by atoms with van der Waals surface area (Å²) in [7, 11) is 0. The van der Waals surface area contributed by atoms with Crippen LogP contribution in [0.5, 0.6) is 5.75 Å². The van der Waals surface area contributed by atoms with E-state index in [1.807, 2.05) is 19.1 Å². The van der Waals surface area contributed by atoms with Crippen LogP contribution >= 0.6 is 11.6 Å². The first-order chi connectivity index (χ1) is 12.2. The molecule has 1 aromatic rings. The van der Waals surface area contributed by atoms with E-state index in [0.29, 0.717) is 17.7 Å². The van der Waals surface area contributed by atoms with E-state index in [-0.39, 0.29) is 6.10 Å². The van der Waals surface area contributed by atoms with Crippen LogP contribution in [0.15, 0.2) is 18.2 Å². The summed E-state index contributed by atoms with van der Waals surface area (Å²) in [5.74, 6) is 0.743. The molecule has 1 N–H and O–H groups in total. The van der Waals surface area contributed by atoms with Gasteiger partial charge in [-0.25, -0.2) is 0 Å². The Morgan fingerprint density at radius 2 is 1.92 bits per heavy atom. The lowest BCUT2D eigenvalue weighted by atomic mass is 9.99. The number of ether oxygens (including phenoxy) is 1. The summed E-state index contributed by atoms with van der Waals surface area (Å²) < 4.78 is 5.50. The van der Waals surface area contributed by atoms with Crippen molar-refractivity contribution in [2.45, 2.75) is 57.7 Å². The van der Waals surface area contributed by atoms with Crippen molar-refractivity contribution < 1.29 is 9.84 Å². The Bertz CT molecular complexity index is 546. The zero-order valence-corrected chi connectivity index (χ0v) is 16.0. The van der Waals surface area contributed by atoms with Crippen molar-refractivity contribution in [3.63, 3.8) is 0 Å². The Balaban J connectivity index is 1.55. The molecule has 0 bridgehead atoms. The Morgan fingerprint density at radius 1 is 1.16 bits per heavy atom. The topological polar surface area (TPSA) is 35.9 Å². The number of piperidine rings is 1. The molecule has 2 saturated heterocycles. The van der Waals surface area contributed by atoms with Crippen LogP contribution in [0.3, 0.4) is 0 Å². The summed E-state index contributed by atoms with van der Waals surface area (Å²) in [4.78, 5) is 4.87. The number of halogens is 1. The Labute approximate surface area is 156 Å². The third-order valence-corrected chi connectivity index (χ3v) is 5.74. The lowest BCUT2D eigenvalue weighted by molar-refractivity contribution is -0.0144. The number of hydrogen-bond acceptors (Lipinski definition) is 4. The third kappa shape index (κ3) is 5.10. The third-order valence-electron chi connectivity index (χ3n) is 5.44. The summed E-state index contributed by atoms with van der Waals surface area (Å²) in [5, 5.41) is 11.4. The number of aliphatic hydroxyl groups is 1. The fourth-order valence-electron chi connectivity index (χ4n) is 4.15. The monoisotopic (exact) mass is 366 g/mol. The molecule has 0 radical (unpaired) electrons. The summed E-state index contributed by atoms with van der Waals surface area (Å²) >= 11 is 6.30. The predicted molar refractivity (Wildman–Crippen MR) is 102 cm³/mol. The highest BCUT2D eigenvalue weighted by Gasteiger charge is 2.32. The summed E-state index contributed by atoms with van der Waals surface area (Å²) in [6.07, 6.45) is 6.01. The molecule has 0 aliphatic carbocycles. The summed E-state index contributed by atoms with van der Waals surface area (Å²) in [6.45, 7) is 7.48. The van der Waals surface area contributed by atoms with Crippen LogP contribution in [0.1, 0.15) is 44.6 Å². The SMILES string of the molecule is CCOc1ccc(CN2CC[C@H](N3CCCCCC3)[C@@H](O)C2)cc1Cl. The van der Waals surface area contributed by atoms with Crippen molar-refractivity contribution in [3.05, 3.63) is 28.8 Å². The van der Waals surface area contributed by atoms with Crippen LogP contribution in [-0.4, -0.2) is 59.8 Å². The smallest absolute Gasteiger partial charge is 0.137 e. The molecule has 4 nitrogen and oxygen atoms in total. The molecular weight excluding hydrogens is 336 g/mol. The maximum atomic E-state index is 10.7. The largest absolute Gasteiger partial charge is 0.492 e. The molecule has 2 aliphatic rings. The lowest BCUT2D eigenvalue weighted by Crippen LogP contribution is -2.54. The van der Waals surface area contributed by atoms with Gasteiger partial charge in [-0.05, 0) is 57.0 Å². The van der Waals surface area contributed by atoms with Gasteiger partial charge in [-0.2, -0.15) is 0 Å². The quantitative estimate of drug-likeness (QED) is 0.864. The fourth-order valence-corrected chi connectivity index (χ4v) is 4.41. The first-order valence-corrected chi connectivity index (χ1v) is 10.1. The second-order valence-electron chi connectivity index (χ2n) is 7.31. The van der Waals surface area contributed by atoms with E-state index in [1.165, 1.54) is 31.2 Å². The van der Waals surface area contributed by atoms with Crippen LogP contribution in [0, 0.1) is 0 Å². The van der Waals surface area contributed by atoms with Gasteiger partial charge >= 0.3 is 0 Å². The van der Waals surface area contributed by atoms with Gasteiger partial charge in [0.25, 0.3) is 0 Å². The molecular formula is C20H31ClN2O2. The number of nitrogens with zero attached hydrogens (tertiary/aromatic N) is 2. The molecule has 2 fully saturated rings. The number of β-amino-alcohol motifs (C(OH)–C–C–N with tert-alkyl or cyclic N) is 1. The van der Waals surface area contributed by atoms with Crippen LogP contribution in [0.2, 0.25) is 5.02 Å². The maximum absolute atomic E-state index is 10.7. The van der Waals surface area contributed by atoms with E-state index in [9.17, 15) is 5.11 Å². The van der Waals surface area contributed by atoms with Gasteiger partial charge in [0, 0.05) is 25.7 Å². The van der Waals surface area contributed by atoms with Crippen molar-refractivity contribution in [3.8, 4) is 5.75 Å². The minimum atomic E-state index is -0.259. The number of benzene rings is 1. The standard InChI is InChI=1S/C20H31ClN2O2/c1-2-25-20-8-7-16(13-17(20)21)14-22-12-9-18(19(24)15-22)23-10-5-3-4-6-11-23/h7-8,13,18-19,24H,2-6,9-12,14-15H2,1H3/t18-,19-/m0/s1. The van der Waals surface area contributed by atoms with E-state index in [2.05, 4.69) is 15.9 Å². The molecule has 5 heteroatoms. The van der Waals surface area contributed by atoms with Crippen molar-refractivity contribution in [1.82, 2.24) is 9.80 Å². The number of likely N-dealkylation sites (tertiary alicyclic amines) is 2. The molecule has 0 saturated carbocycles. The second kappa shape index (κ2) is 9.22. The van der Waals surface area contributed by atoms with Crippen LogP contribution in [-0.2, 0) is 6.54 Å². The van der Waals surface area contributed by atoms with E-state index in [1.54, 1.807) is 0 Å². The highest BCUT2D eigenvalue weighted by Crippen LogP contribution is 2.27. The van der Waals surface area contributed by atoms with Crippen molar-refractivity contribution in [1.29, 1.82) is 0 Å². The fraction of sp³-hybridized carbons (Fsp3) is 0.700. The zero-order chi connectivity index (χ0) is 17.6. The van der Waals surface area contributed by atoms with Crippen molar-refractivity contribution >= 4 is 11.6 Å². The minimum absolute atomic E-state index is 0.259. The van der Waals surface area contributed by atoms with E-state index < -0.39 is 0 Å². The van der Waals surface area contributed by atoms with Crippen LogP contribution in [0.25, 0.3) is 0 Å². The molecule has 140 valence electrons. The van der Waals surface area contributed by atoms with E-state index in [0.717, 1.165) is 44.9 Å². The van der Waals surface area contributed by atoms with Gasteiger partial charge in [0.2, 0.25) is 0 Å². The van der Waals surface area contributed by atoms with Gasteiger partial charge in [0.05, 0.1) is 17.7 Å². The van der Waals surface area contributed by atoms with E-state index >= 15 is 0 Å². The van der Waals surface area contributed by atoms with Gasteiger partial charge in [0.1, 0.15) is 5.75 Å². The summed E-state index contributed by atoms with van der Waals surface area (Å²) in [5.41, 5.74) is 1.17. The molecule has 3 rings (SSSR count). The maximum Gasteiger partial charge on any atom is 0.137 e. The average Bonchev–Trinajstić information content (AvgIpc) is 2.87. The highest BCUT2D eigenvalue weighted by atomic mass is 35.5. The van der Waals surface area contributed by atoms with Crippen molar-refractivity contribution in [2.24, 2.45) is 0 Å².